The van der Waals surface area contributed by atoms with E-state index >= 15 is 0 Å². The van der Waals surface area contributed by atoms with E-state index in [2.05, 4.69) is 12.2 Å². The smallest absolute Gasteiger partial charge is 0.336 e. The van der Waals surface area contributed by atoms with E-state index in [1.54, 1.807) is 11.4 Å². The summed E-state index contributed by atoms with van der Waals surface area (Å²) in [6.45, 7) is 5.37. The average Bonchev–Trinajstić information content (AvgIpc) is 2.95. The number of carbonyl (C=O) groups is 1. The van der Waals surface area contributed by atoms with Gasteiger partial charge in [0.15, 0.2) is 0 Å². The van der Waals surface area contributed by atoms with E-state index in [0.717, 1.165) is 10.6 Å². The van der Waals surface area contributed by atoms with E-state index in [-0.39, 0.29) is 6.04 Å². The molecule has 112 valence electrons. The zero-order valence-corrected chi connectivity index (χ0v) is 12.9. The Labute approximate surface area is 128 Å². The largest absolute Gasteiger partial charge is 0.494 e. The molecular formula is C16H19NO3S. The maximum absolute atomic E-state index is 10.8. The molecule has 0 aliphatic rings. The lowest BCUT2D eigenvalue weighted by atomic mass is 10.1. The Hall–Kier alpha value is -1.85. The summed E-state index contributed by atoms with van der Waals surface area (Å²) in [5, 5.41) is 14.0. The Kier molecular flexibility index (Phi) is 5.36. The molecule has 1 aromatic heterocycles. The van der Waals surface area contributed by atoms with Gasteiger partial charge in [0.25, 0.3) is 0 Å². The highest BCUT2D eigenvalue weighted by atomic mass is 32.1. The Morgan fingerprint density at radius 2 is 2.10 bits per heavy atom. The molecule has 0 bridgehead atoms. The molecule has 0 radical (unpaired) electrons. The molecule has 1 atom stereocenters. The van der Waals surface area contributed by atoms with Crippen LogP contribution in [-0.4, -0.2) is 17.7 Å². The number of aromatic carboxylic acids is 1. The molecule has 1 aromatic carbocycles. The molecule has 2 rings (SSSR count). The minimum Gasteiger partial charge on any atom is -0.494 e. The molecule has 0 aliphatic heterocycles. The molecule has 4 nitrogen and oxygen atoms in total. The van der Waals surface area contributed by atoms with Crippen LogP contribution in [0.1, 0.15) is 40.7 Å². The van der Waals surface area contributed by atoms with Gasteiger partial charge in [-0.2, -0.15) is 0 Å². The van der Waals surface area contributed by atoms with Crippen molar-refractivity contribution in [2.75, 3.05) is 6.61 Å². The van der Waals surface area contributed by atoms with E-state index in [4.69, 9.17) is 9.84 Å². The third-order valence-electron chi connectivity index (χ3n) is 3.17. The molecule has 5 heteroatoms. The molecule has 0 spiro atoms. The summed E-state index contributed by atoms with van der Waals surface area (Å²) in [6.07, 6.45) is 0. The highest BCUT2D eigenvalue weighted by Gasteiger charge is 2.09. The monoisotopic (exact) mass is 305 g/mol. The van der Waals surface area contributed by atoms with Crippen molar-refractivity contribution >= 4 is 17.3 Å². The van der Waals surface area contributed by atoms with Crippen LogP contribution in [-0.2, 0) is 6.54 Å². The maximum Gasteiger partial charge on any atom is 0.336 e. The number of nitrogens with one attached hydrogen (secondary N) is 1. The van der Waals surface area contributed by atoms with Gasteiger partial charge in [0, 0.05) is 22.8 Å². The van der Waals surface area contributed by atoms with Crippen LogP contribution in [0.25, 0.3) is 0 Å². The zero-order valence-electron chi connectivity index (χ0n) is 12.1. The van der Waals surface area contributed by atoms with Gasteiger partial charge in [-0.05, 0) is 37.6 Å². The van der Waals surface area contributed by atoms with Gasteiger partial charge in [0.2, 0.25) is 0 Å². The highest BCUT2D eigenvalue weighted by Crippen LogP contribution is 2.19. The van der Waals surface area contributed by atoms with Crippen molar-refractivity contribution in [2.24, 2.45) is 0 Å². The second-order valence-electron chi connectivity index (χ2n) is 4.71. The molecule has 0 aliphatic carbocycles. The topological polar surface area (TPSA) is 58.6 Å². The Balaban J connectivity index is 1.91. The zero-order chi connectivity index (χ0) is 15.2. The summed E-state index contributed by atoms with van der Waals surface area (Å²) < 4.78 is 5.42. The van der Waals surface area contributed by atoms with Crippen LogP contribution in [0.2, 0.25) is 0 Å². The molecule has 21 heavy (non-hydrogen) atoms. The number of ether oxygens (including phenoxy) is 1. The Morgan fingerprint density at radius 3 is 2.67 bits per heavy atom. The molecule has 1 heterocycles. The van der Waals surface area contributed by atoms with Gasteiger partial charge >= 0.3 is 5.97 Å². The predicted octanol–water partition coefficient (Wildman–Crippen LogP) is 3.70. The number of thiophene rings is 1. The van der Waals surface area contributed by atoms with E-state index in [9.17, 15) is 4.79 Å². The van der Waals surface area contributed by atoms with Gasteiger partial charge in [-0.15, -0.1) is 11.3 Å². The number of benzene rings is 1. The van der Waals surface area contributed by atoms with Crippen LogP contribution in [0.4, 0.5) is 0 Å². The predicted molar refractivity (Wildman–Crippen MR) is 84.1 cm³/mol. The van der Waals surface area contributed by atoms with Crippen LogP contribution < -0.4 is 10.1 Å². The van der Waals surface area contributed by atoms with Crippen molar-refractivity contribution in [2.45, 2.75) is 26.4 Å². The summed E-state index contributed by atoms with van der Waals surface area (Å²) in [6, 6.07) is 9.91. The van der Waals surface area contributed by atoms with Gasteiger partial charge in [0.05, 0.1) is 12.2 Å². The standard InChI is InChI=1S/C16H19NO3S/c1-3-20-14-6-4-12(5-7-14)11(2)17-9-15-8-13(10-21-15)16(18)19/h4-8,10-11,17H,3,9H2,1-2H3,(H,18,19). The molecule has 1 unspecified atom stereocenters. The van der Waals surface area contributed by atoms with E-state index < -0.39 is 5.97 Å². The minimum absolute atomic E-state index is 0.191. The van der Waals surface area contributed by atoms with Crippen molar-refractivity contribution in [1.29, 1.82) is 0 Å². The van der Waals surface area contributed by atoms with Crippen LogP contribution in [0.15, 0.2) is 35.7 Å². The van der Waals surface area contributed by atoms with Crippen molar-refractivity contribution < 1.29 is 14.6 Å². The number of carboxylic acids is 1. The van der Waals surface area contributed by atoms with Crippen molar-refractivity contribution in [3.8, 4) is 5.75 Å². The second-order valence-corrected chi connectivity index (χ2v) is 5.71. The summed E-state index contributed by atoms with van der Waals surface area (Å²) in [7, 11) is 0. The Bertz CT molecular complexity index is 592. The normalized spacial score (nSPS) is 12.1. The molecule has 2 N–H and O–H groups in total. The molecule has 0 saturated carbocycles. The molecule has 0 fully saturated rings. The lowest BCUT2D eigenvalue weighted by Crippen LogP contribution is -2.17. The van der Waals surface area contributed by atoms with Crippen molar-refractivity contribution in [3.05, 3.63) is 51.7 Å². The lowest BCUT2D eigenvalue weighted by Gasteiger charge is -2.14. The Morgan fingerprint density at radius 1 is 1.38 bits per heavy atom. The van der Waals surface area contributed by atoms with Gasteiger partial charge in [-0.1, -0.05) is 12.1 Å². The molecular weight excluding hydrogens is 286 g/mol. The fourth-order valence-electron chi connectivity index (χ4n) is 1.98. The maximum atomic E-state index is 10.8. The van der Waals surface area contributed by atoms with E-state index in [1.165, 1.54) is 16.9 Å². The van der Waals surface area contributed by atoms with E-state index in [1.807, 2.05) is 31.2 Å². The van der Waals surface area contributed by atoms with Gasteiger partial charge < -0.3 is 15.2 Å². The number of hydrogen-bond donors (Lipinski definition) is 2. The molecule has 0 amide bonds. The van der Waals surface area contributed by atoms with Gasteiger partial charge in [0.1, 0.15) is 5.75 Å². The van der Waals surface area contributed by atoms with Crippen LogP contribution >= 0.6 is 11.3 Å². The fraction of sp³-hybridized carbons (Fsp3) is 0.312. The third-order valence-corrected chi connectivity index (χ3v) is 4.11. The molecule has 0 saturated heterocycles. The number of hydrogen-bond acceptors (Lipinski definition) is 4. The van der Waals surface area contributed by atoms with Crippen molar-refractivity contribution in [1.82, 2.24) is 5.32 Å². The summed E-state index contributed by atoms with van der Waals surface area (Å²) in [4.78, 5) is 11.9. The fourth-order valence-corrected chi connectivity index (χ4v) is 2.79. The first kappa shape index (κ1) is 15.5. The first-order valence-electron chi connectivity index (χ1n) is 6.87. The van der Waals surface area contributed by atoms with E-state index in [0.29, 0.717) is 18.7 Å². The minimum atomic E-state index is -0.878. The molecule has 2 aromatic rings. The van der Waals surface area contributed by atoms with Gasteiger partial charge in [-0.25, -0.2) is 4.79 Å². The van der Waals surface area contributed by atoms with Crippen LogP contribution in [0, 0.1) is 0 Å². The average molecular weight is 305 g/mol. The lowest BCUT2D eigenvalue weighted by molar-refractivity contribution is 0.0697. The quantitative estimate of drug-likeness (QED) is 0.819. The SMILES string of the molecule is CCOc1ccc(C(C)NCc2cc(C(=O)O)cs2)cc1. The van der Waals surface area contributed by atoms with Crippen molar-refractivity contribution in [3.63, 3.8) is 0 Å². The summed E-state index contributed by atoms with van der Waals surface area (Å²) >= 11 is 1.46. The highest BCUT2D eigenvalue weighted by molar-refractivity contribution is 7.10. The third kappa shape index (κ3) is 4.31. The van der Waals surface area contributed by atoms with Crippen LogP contribution in [0.3, 0.4) is 0 Å². The van der Waals surface area contributed by atoms with Gasteiger partial charge in [-0.3, -0.25) is 0 Å². The number of carboxylic acid groups (broad SMARTS) is 1. The first-order chi connectivity index (χ1) is 10.1. The second kappa shape index (κ2) is 7.24. The first-order valence-corrected chi connectivity index (χ1v) is 7.75. The summed E-state index contributed by atoms with van der Waals surface area (Å²) in [5.74, 6) is -0.00475. The summed E-state index contributed by atoms with van der Waals surface area (Å²) in [5.41, 5.74) is 1.53. The van der Waals surface area contributed by atoms with Crippen LogP contribution in [0.5, 0.6) is 5.75 Å². The number of rotatable bonds is 7.